The van der Waals surface area contributed by atoms with Gasteiger partial charge < -0.3 is 5.73 Å². The first-order chi connectivity index (χ1) is 9.63. The number of piperazine rings is 1. The summed E-state index contributed by atoms with van der Waals surface area (Å²) in [7, 11) is 0. The minimum absolute atomic E-state index is 0.208. The first-order valence-electron chi connectivity index (χ1n) is 8.82. The maximum atomic E-state index is 6.37. The normalized spacial score (nSPS) is 33.0. The molecule has 1 atom stereocenters. The summed E-state index contributed by atoms with van der Waals surface area (Å²) in [5.74, 6) is 0. The van der Waals surface area contributed by atoms with Gasteiger partial charge in [-0.3, -0.25) is 9.80 Å². The van der Waals surface area contributed by atoms with Gasteiger partial charge in [-0.2, -0.15) is 0 Å². The SMILES string of the molecule is CCN1CCN(C2(CN)CC(C)(C)CC(C)(C)C2)CC1C. The van der Waals surface area contributed by atoms with Gasteiger partial charge in [0.05, 0.1) is 0 Å². The molecule has 1 unspecified atom stereocenters. The molecular weight excluding hydrogens is 258 g/mol. The van der Waals surface area contributed by atoms with Crippen molar-refractivity contribution in [2.24, 2.45) is 16.6 Å². The summed E-state index contributed by atoms with van der Waals surface area (Å²) in [4.78, 5) is 5.34. The van der Waals surface area contributed by atoms with Crippen LogP contribution in [0.2, 0.25) is 0 Å². The summed E-state index contributed by atoms with van der Waals surface area (Å²) in [6.07, 6.45) is 3.81. The van der Waals surface area contributed by atoms with Crippen LogP contribution in [0.3, 0.4) is 0 Å². The van der Waals surface area contributed by atoms with Crippen molar-refractivity contribution in [1.82, 2.24) is 9.80 Å². The molecule has 21 heavy (non-hydrogen) atoms. The van der Waals surface area contributed by atoms with Crippen molar-refractivity contribution in [1.29, 1.82) is 0 Å². The molecule has 2 fully saturated rings. The van der Waals surface area contributed by atoms with E-state index in [0.717, 1.165) is 6.54 Å². The fourth-order valence-corrected chi connectivity index (χ4v) is 5.66. The molecular formula is C18H37N3. The number of rotatable bonds is 3. The number of hydrogen-bond acceptors (Lipinski definition) is 3. The lowest BCUT2D eigenvalue weighted by Gasteiger charge is -2.58. The van der Waals surface area contributed by atoms with E-state index in [4.69, 9.17) is 5.73 Å². The maximum absolute atomic E-state index is 6.37. The summed E-state index contributed by atoms with van der Waals surface area (Å²) in [6.45, 7) is 19.9. The second-order valence-electron chi connectivity index (χ2n) is 9.21. The van der Waals surface area contributed by atoms with E-state index in [-0.39, 0.29) is 5.54 Å². The van der Waals surface area contributed by atoms with Gasteiger partial charge in [-0.1, -0.05) is 34.6 Å². The van der Waals surface area contributed by atoms with Crippen LogP contribution in [0.1, 0.15) is 60.8 Å². The van der Waals surface area contributed by atoms with Gasteiger partial charge in [-0.05, 0) is 43.6 Å². The molecule has 1 aliphatic carbocycles. The van der Waals surface area contributed by atoms with E-state index in [1.54, 1.807) is 0 Å². The van der Waals surface area contributed by atoms with E-state index in [1.807, 2.05) is 0 Å². The molecule has 0 aromatic heterocycles. The standard InChI is InChI=1S/C18H37N3/c1-7-20-8-9-21(10-15(20)2)18(14-19)12-16(3,4)11-17(5,6)13-18/h15H,7-14,19H2,1-6H3. The van der Waals surface area contributed by atoms with Crippen molar-refractivity contribution >= 4 is 0 Å². The summed E-state index contributed by atoms with van der Waals surface area (Å²) >= 11 is 0. The van der Waals surface area contributed by atoms with Gasteiger partial charge in [0, 0.05) is 37.8 Å². The number of nitrogens with two attached hydrogens (primary N) is 1. The Morgan fingerprint density at radius 3 is 2.00 bits per heavy atom. The minimum Gasteiger partial charge on any atom is -0.329 e. The fourth-order valence-electron chi connectivity index (χ4n) is 5.66. The Hall–Kier alpha value is -0.120. The van der Waals surface area contributed by atoms with Crippen LogP contribution < -0.4 is 5.73 Å². The molecule has 124 valence electrons. The Bertz CT molecular complexity index is 345. The smallest absolute Gasteiger partial charge is 0.0343 e. The lowest BCUT2D eigenvalue weighted by molar-refractivity contribution is -0.0708. The molecule has 3 heteroatoms. The monoisotopic (exact) mass is 295 g/mol. The molecule has 2 rings (SSSR count). The van der Waals surface area contributed by atoms with Gasteiger partial charge in [0.25, 0.3) is 0 Å². The molecule has 0 radical (unpaired) electrons. The van der Waals surface area contributed by atoms with Crippen molar-refractivity contribution in [3.63, 3.8) is 0 Å². The highest BCUT2D eigenvalue weighted by Crippen LogP contribution is 2.52. The van der Waals surface area contributed by atoms with E-state index in [1.165, 1.54) is 45.4 Å². The zero-order valence-corrected chi connectivity index (χ0v) is 15.2. The Kier molecular flexibility index (Phi) is 4.78. The molecule has 2 aliphatic rings. The van der Waals surface area contributed by atoms with E-state index in [2.05, 4.69) is 51.3 Å². The van der Waals surface area contributed by atoms with Crippen LogP contribution in [-0.2, 0) is 0 Å². The zero-order valence-electron chi connectivity index (χ0n) is 15.2. The van der Waals surface area contributed by atoms with Gasteiger partial charge >= 0.3 is 0 Å². The Morgan fingerprint density at radius 1 is 1.00 bits per heavy atom. The first-order valence-corrected chi connectivity index (χ1v) is 8.82. The van der Waals surface area contributed by atoms with Crippen molar-refractivity contribution in [2.45, 2.75) is 72.4 Å². The Morgan fingerprint density at radius 2 is 1.57 bits per heavy atom. The van der Waals surface area contributed by atoms with E-state index in [0.29, 0.717) is 16.9 Å². The van der Waals surface area contributed by atoms with Crippen LogP contribution in [0.15, 0.2) is 0 Å². The van der Waals surface area contributed by atoms with Crippen LogP contribution in [-0.4, -0.2) is 54.1 Å². The largest absolute Gasteiger partial charge is 0.329 e. The number of likely N-dealkylation sites (N-methyl/N-ethyl adjacent to an activating group) is 1. The third kappa shape index (κ3) is 3.62. The molecule has 2 N–H and O–H groups in total. The second kappa shape index (κ2) is 5.82. The fraction of sp³-hybridized carbons (Fsp3) is 1.00. The molecule has 1 saturated carbocycles. The third-order valence-electron chi connectivity index (χ3n) is 5.79. The van der Waals surface area contributed by atoms with Crippen molar-refractivity contribution in [3.05, 3.63) is 0 Å². The average Bonchev–Trinajstić information content (AvgIpc) is 2.34. The first kappa shape index (κ1) is 17.2. The summed E-state index contributed by atoms with van der Waals surface area (Å²) in [6, 6.07) is 0.653. The molecule has 1 heterocycles. The molecule has 1 saturated heterocycles. The quantitative estimate of drug-likeness (QED) is 0.869. The molecule has 0 aromatic rings. The predicted octanol–water partition coefficient (Wildman–Crippen LogP) is 2.95. The minimum atomic E-state index is 0.208. The lowest BCUT2D eigenvalue weighted by Crippen LogP contribution is -2.66. The van der Waals surface area contributed by atoms with E-state index < -0.39 is 0 Å². The predicted molar refractivity (Wildman–Crippen MR) is 91.5 cm³/mol. The molecule has 0 spiro atoms. The van der Waals surface area contributed by atoms with Crippen LogP contribution >= 0.6 is 0 Å². The Balaban J connectivity index is 2.21. The summed E-state index contributed by atoms with van der Waals surface area (Å²) < 4.78 is 0. The van der Waals surface area contributed by atoms with Crippen LogP contribution in [0.4, 0.5) is 0 Å². The van der Waals surface area contributed by atoms with Crippen molar-refractivity contribution < 1.29 is 0 Å². The second-order valence-corrected chi connectivity index (χ2v) is 9.21. The summed E-state index contributed by atoms with van der Waals surface area (Å²) in [5, 5.41) is 0. The van der Waals surface area contributed by atoms with Gasteiger partial charge in [0.15, 0.2) is 0 Å². The summed E-state index contributed by atoms with van der Waals surface area (Å²) in [5.41, 5.74) is 7.37. The zero-order chi connectivity index (χ0) is 15.9. The van der Waals surface area contributed by atoms with Crippen LogP contribution in [0, 0.1) is 10.8 Å². The van der Waals surface area contributed by atoms with Gasteiger partial charge in [-0.15, -0.1) is 0 Å². The maximum Gasteiger partial charge on any atom is 0.0343 e. The third-order valence-corrected chi connectivity index (χ3v) is 5.79. The molecule has 3 nitrogen and oxygen atoms in total. The topological polar surface area (TPSA) is 32.5 Å². The van der Waals surface area contributed by atoms with Crippen molar-refractivity contribution in [3.8, 4) is 0 Å². The molecule has 1 aliphatic heterocycles. The molecule has 0 aromatic carbocycles. The van der Waals surface area contributed by atoms with E-state index >= 15 is 0 Å². The lowest BCUT2D eigenvalue weighted by atomic mass is 9.57. The van der Waals surface area contributed by atoms with Crippen LogP contribution in [0.25, 0.3) is 0 Å². The number of hydrogen-bond donors (Lipinski definition) is 1. The average molecular weight is 296 g/mol. The van der Waals surface area contributed by atoms with Gasteiger partial charge in [0.2, 0.25) is 0 Å². The number of nitrogens with zero attached hydrogens (tertiary/aromatic N) is 2. The van der Waals surface area contributed by atoms with E-state index in [9.17, 15) is 0 Å². The Labute approximate surface area is 132 Å². The molecule has 0 amide bonds. The van der Waals surface area contributed by atoms with Crippen LogP contribution in [0.5, 0.6) is 0 Å². The highest BCUT2D eigenvalue weighted by atomic mass is 15.3. The van der Waals surface area contributed by atoms with Crippen molar-refractivity contribution in [2.75, 3.05) is 32.7 Å². The highest BCUT2D eigenvalue weighted by Gasteiger charge is 2.50. The van der Waals surface area contributed by atoms with Gasteiger partial charge in [0.1, 0.15) is 0 Å². The molecule has 0 bridgehead atoms. The van der Waals surface area contributed by atoms with Gasteiger partial charge in [-0.25, -0.2) is 0 Å². The highest BCUT2D eigenvalue weighted by molar-refractivity contribution is 5.06.